The molecule has 0 aliphatic carbocycles. The highest BCUT2D eigenvalue weighted by molar-refractivity contribution is 7.89. The van der Waals surface area contributed by atoms with Gasteiger partial charge in [0.05, 0.1) is 4.90 Å². The molecule has 0 bridgehead atoms. The van der Waals surface area contributed by atoms with Gasteiger partial charge in [-0.1, -0.05) is 53.6 Å². The highest BCUT2D eigenvalue weighted by Gasteiger charge is 2.26. The zero-order valence-corrected chi connectivity index (χ0v) is 17.1. The molecule has 2 aromatic carbocycles. The highest BCUT2D eigenvalue weighted by Crippen LogP contribution is 2.18. The molecule has 3 rings (SSSR count). The van der Waals surface area contributed by atoms with E-state index in [1.807, 2.05) is 43.3 Å². The number of rotatable bonds is 5. The third-order valence-corrected chi connectivity index (χ3v) is 6.92. The minimum absolute atomic E-state index is 0.379. The Morgan fingerprint density at radius 2 is 1.67 bits per heavy atom. The van der Waals surface area contributed by atoms with Gasteiger partial charge in [0.25, 0.3) is 0 Å². The van der Waals surface area contributed by atoms with Crippen molar-refractivity contribution in [3.8, 4) is 0 Å². The van der Waals surface area contributed by atoms with Crippen molar-refractivity contribution >= 4 is 27.7 Å². The summed E-state index contributed by atoms with van der Waals surface area (Å²) < 4.78 is 27.3. The molecule has 0 saturated carbocycles. The predicted molar refractivity (Wildman–Crippen MR) is 111 cm³/mol. The fraction of sp³-hybridized carbons (Fsp3) is 0.333. The van der Waals surface area contributed by atoms with Crippen LogP contribution in [0.3, 0.4) is 0 Å². The Morgan fingerprint density at radius 1 is 0.963 bits per heavy atom. The van der Waals surface area contributed by atoms with Gasteiger partial charge in [-0.2, -0.15) is 4.31 Å². The summed E-state index contributed by atoms with van der Waals surface area (Å²) in [6, 6.07) is 14.8. The minimum Gasteiger partial charge on any atom is -0.298 e. The van der Waals surface area contributed by atoms with Crippen molar-refractivity contribution in [1.29, 1.82) is 0 Å². The summed E-state index contributed by atoms with van der Waals surface area (Å²) >= 11 is 5.90. The largest absolute Gasteiger partial charge is 0.298 e. The summed E-state index contributed by atoms with van der Waals surface area (Å²) in [5.41, 5.74) is 2.17. The molecule has 0 unspecified atom stereocenters. The molecule has 1 aliphatic rings. The summed E-state index contributed by atoms with van der Waals surface area (Å²) in [7, 11) is -3.42. The average molecular weight is 405 g/mol. The van der Waals surface area contributed by atoms with Gasteiger partial charge in [0, 0.05) is 31.2 Å². The van der Waals surface area contributed by atoms with Crippen LogP contribution >= 0.6 is 11.6 Å². The van der Waals surface area contributed by atoms with Gasteiger partial charge in [-0.05, 0) is 49.7 Å². The van der Waals surface area contributed by atoms with Crippen molar-refractivity contribution in [2.75, 3.05) is 32.7 Å². The smallest absolute Gasteiger partial charge is 0.243 e. The molecule has 0 aromatic heterocycles. The summed E-state index contributed by atoms with van der Waals surface area (Å²) in [5, 5.41) is 0.731. The molecule has 1 heterocycles. The zero-order chi connectivity index (χ0) is 19.3. The van der Waals surface area contributed by atoms with Crippen molar-refractivity contribution in [3.63, 3.8) is 0 Å². The molecule has 4 nitrogen and oxygen atoms in total. The van der Waals surface area contributed by atoms with Gasteiger partial charge in [-0.15, -0.1) is 0 Å². The van der Waals surface area contributed by atoms with E-state index < -0.39 is 10.0 Å². The number of halogens is 1. The number of hydrogen-bond donors (Lipinski definition) is 0. The molecule has 6 heteroatoms. The predicted octanol–water partition coefficient (Wildman–Crippen LogP) is 4.06. The molecule has 144 valence electrons. The number of sulfonamides is 1. The Hall–Kier alpha value is -1.66. The quantitative estimate of drug-likeness (QED) is 0.754. The number of benzene rings is 2. The molecule has 1 aliphatic heterocycles. The van der Waals surface area contributed by atoms with Crippen molar-refractivity contribution in [2.24, 2.45) is 0 Å². The Morgan fingerprint density at radius 3 is 2.37 bits per heavy atom. The Balaban J connectivity index is 1.58. The van der Waals surface area contributed by atoms with Crippen LogP contribution in [0.2, 0.25) is 5.02 Å². The summed E-state index contributed by atoms with van der Waals surface area (Å²) in [4.78, 5) is 2.67. The molecule has 0 spiro atoms. The second-order valence-corrected chi connectivity index (χ2v) is 9.20. The van der Waals surface area contributed by atoms with E-state index in [0.717, 1.165) is 42.2 Å². The van der Waals surface area contributed by atoms with E-state index in [4.69, 9.17) is 11.6 Å². The fourth-order valence-electron chi connectivity index (χ4n) is 3.14. The maximum atomic E-state index is 12.9. The van der Waals surface area contributed by atoms with Gasteiger partial charge < -0.3 is 0 Å². The first-order valence-electron chi connectivity index (χ1n) is 9.16. The van der Waals surface area contributed by atoms with E-state index in [9.17, 15) is 8.42 Å². The zero-order valence-electron chi connectivity index (χ0n) is 15.5. The SMILES string of the molecule is Cc1ccc(S(=O)(=O)N2CCCN(C/C=C/c3ccc(Cl)cc3)CC2)cc1. The second-order valence-electron chi connectivity index (χ2n) is 6.83. The van der Waals surface area contributed by atoms with E-state index in [1.165, 1.54) is 0 Å². The summed E-state index contributed by atoms with van der Waals surface area (Å²) in [6.07, 6.45) is 5.02. The Labute approximate surface area is 167 Å². The maximum Gasteiger partial charge on any atom is 0.243 e. The number of nitrogens with zero attached hydrogens (tertiary/aromatic N) is 2. The lowest BCUT2D eigenvalue weighted by Gasteiger charge is -2.21. The third kappa shape index (κ3) is 5.42. The van der Waals surface area contributed by atoms with Crippen LogP contribution in [-0.4, -0.2) is 50.3 Å². The first-order valence-corrected chi connectivity index (χ1v) is 11.0. The topological polar surface area (TPSA) is 40.6 Å². The van der Waals surface area contributed by atoms with Crippen molar-refractivity contribution in [2.45, 2.75) is 18.2 Å². The van der Waals surface area contributed by atoms with E-state index >= 15 is 0 Å². The Kier molecular flexibility index (Phi) is 6.71. The van der Waals surface area contributed by atoms with Crippen molar-refractivity contribution < 1.29 is 8.42 Å². The van der Waals surface area contributed by atoms with Crippen LogP contribution < -0.4 is 0 Å². The molecule has 2 aromatic rings. The first kappa shape index (κ1) is 20.1. The van der Waals surface area contributed by atoms with Gasteiger partial charge >= 0.3 is 0 Å². The van der Waals surface area contributed by atoms with Crippen LogP contribution in [0.1, 0.15) is 17.5 Å². The van der Waals surface area contributed by atoms with Gasteiger partial charge in [0.1, 0.15) is 0 Å². The molecular weight excluding hydrogens is 380 g/mol. The number of aryl methyl sites for hydroxylation is 1. The van der Waals surface area contributed by atoms with Crippen LogP contribution in [0.25, 0.3) is 6.08 Å². The van der Waals surface area contributed by atoms with Gasteiger partial charge in [0.15, 0.2) is 0 Å². The molecule has 0 N–H and O–H groups in total. The second kappa shape index (κ2) is 9.02. The summed E-state index contributed by atoms with van der Waals surface area (Å²) in [6.45, 7) is 5.47. The molecule has 0 amide bonds. The lowest BCUT2D eigenvalue weighted by molar-refractivity contribution is 0.316. The van der Waals surface area contributed by atoms with Crippen molar-refractivity contribution in [3.05, 3.63) is 70.8 Å². The monoisotopic (exact) mass is 404 g/mol. The highest BCUT2D eigenvalue weighted by atomic mass is 35.5. The molecule has 1 fully saturated rings. The van der Waals surface area contributed by atoms with Crippen LogP contribution in [0.15, 0.2) is 59.5 Å². The van der Waals surface area contributed by atoms with Crippen LogP contribution in [0, 0.1) is 6.92 Å². The van der Waals surface area contributed by atoms with Gasteiger partial charge in [-0.3, -0.25) is 4.90 Å². The van der Waals surface area contributed by atoms with Gasteiger partial charge in [-0.25, -0.2) is 8.42 Å². The molecule has 0 radical (unpaired) electrons. The fourth-order valence-corrected chi connectivity index (χ4v) is 4.74. The van der Waals surface area contributed by atoms with E-state index in [-0.39, 0.29) is 0 Å². The summed E-state index contributed by atoms with van der Waals surface area (Å²) in [5.74, 6) is 0. The third-order valence-electron chi connectivity index (χ3n) is 4.75. The first-order chi connectivity index (χ1) is 12.9. The average Bonchev–Trinajstić information content (AvgIpc) is 2.90. The molecular formula is C21H25ClN2O2S. The minimum atomic E-state index is -3.42. The van der Waals surface area contributed by atoms with Crippen LogP contribution in [-0.2, 0) is 10.0 Å². The van der Waals surface area contributed by atoms with Gasteiger partial charge in [0.2, 0.25) is 10.0 Å². The molecule has 1 saturated heterocycles. The number of hydrogen-bond acceptors (Lipinski definition) is 3. The van der Waals surface area contributed by atoms with Crippen LogP contribution in [0.5, 0.6) is 0 Å². The van der Waals surface area contributed by atoms with Crippen molar-refractivity contribution in [1.82, 2.24) is 9.21 Å². The molecule has 0 atom stereocenters. The van der Waals surface area contributed by atoms with E-state index in [2.05, 4.69) is 17.1 Å². The normalized spacial score (nSPS) is 17.3. The molecule has 27 heavy (non-hydrogen) atoms. The van der Waals surface area contributed by atoms with E-state index in [0.29, 0.717) is 18.0 Å². The lowest BCUT2D eigenvalue weighted by atomic mass is 10.2. The van der Waals surface area contributed by atoms with Crippen LogP contribution in [0.4, 0.5) is 0 Å². The Bertz CT molecular complexity index is 877. The lowest BCUT2D eigenvalue weighted by Crippen LogP contribution is -2.35. The standard InChI is InChI=1S/C21H25ClN2O2S/c1-18-5-11-21(12-6-18)27(25,26)24-15-3-14-23(16-17-24)13-2-4-19-7-9-20(22)10-8-19/h2,4-12H,3,13-17H2,1H3/b4-2+. The van der Waals surface area contributed by atoms with E-state index in [1.54, 1.807) is 16.4 Å². The maximum absolute atomic E-state index is 12.9.